The van der Waals surface area contributed by atoms with E-state index in [2.05, 4.69) is 6.92 Å². The van der Waals surface area contributed by atoms with Crippen LogP contribution in [-0.4, -0.2) is 10.6 Å². The quantitative estimate of drug-likeness (QED) is 0.775. The van der Waals surface area contributed by atoms with E-state index in [1.54, 1.807) is 12.1 Å². The lowest BCUT2D eigenvalue weighted by atomic mass is 9.81. The van der Waals surface area contributed by atoms with E-state index in [4.69, 9.17) is 5.73 Å². The van der Waals surface area contributed by atoms with Gasteiger partial charge in [0.15, 0.2) is 0 Å². The summed E-state index contributed by atoms with van der Waals surface area (Å²) in [5.74, 6) is 0.640. The van der Waals surface area contributed by atoms with Crippen LogP contribution in [0.1, 0.15) is 38.7 Å². The van der Waals surface area contributed by atoms with Gasteiger partial charge in [0.05, 0.1) is 0 Å². The molecule has 3 N–H and O–H groups in total. The molecule has 2 heteroatoms. The largest absolute Gasteiger partial charge is 0.508 e. The molecule has 1 atom stereocenters. The fraction of sp³-hybridized carbons (Fsp3) is 0.500. The molecular weight excluding hydrogens is 174 g/mol. The Balaban J connectivity index is 2.96. The summed E-state index contributed by atoms with van der Waals surface area (Å²) in [6.45, 7) is 6.20. The number of aromatic hydroxyl groups is 1. The van der Waals surface area contributed by atoms with Gasteiger partial charge in [-0.15, -0.1) is 0 Å². The lowest BCUT2D eigenvalue weighted by molar-refractivity contribution is 0.400. The first kappa shape index (κ1) is 11.1. The molecule has 0 bridgehead atoms. The molecule has 0 radical (unpaired) electrons. The summed E-state index contributed by atoms with van der Waals surface area (Å²) >= 11 is 0. The average molecular weight is 193 g/mol. The van der Waals surface area contributed by atoms with Gasteiger partial charge in [0.1, 0.15) is 5.75 Å². The summed E-state index contributed by atoms with van der Waals surface area (Å²) in [5.41, 5.74) is 7.07. The highest BCUT2D eigenvalue weighted by atomic mass is 16.3. The molecule has 14 heavy (non-hydrogen) atoms. The average Bonchev–Trinajstić information content (AvgIpc) is 2.07. The van der Waals surface area contributed by atoms with Crippen molar-refractivity contribution in [3.05, 3.63) is 29.8 Å². The molecule has 2 nitrogen and oxygen atoms in total. The second-order valence-electron chi connectivity index (χ2n) is 4.37. The number of phenolic OH excluding ortho intramolecular Hbond substituents is 1. The molecule has 0 saturated carbocycles. The lowest BCUT2D eigenvalue weighted by Crippen LogP contribution is -2.38. The molecule has 0 aromatic heterocycles. The second-order valence-corrected chi connectivity index (χ2v) is 4.37. The highest BCUT2D eigenvalue weighted by Gasteiger charge is 2.24. The Hall–Kier alpha value is -1.02. The van der Waals surface area contributed by atoms with Crippen molar-refractivity contribution in [3.63, 3.8) is 0 Å². The van der Waals surface area contributed by atoms with Gasteiger partial charge in [0.2, 0.25) is 0 Å². The molecule has 0 spiro atoms. The molecule has 0 heterocycles. The first-order valence-corrected chi connectivity index (χ1v) is 5.03. The third-order valence-electron chi connectivity index (χ3n) is 2.60. The molecule has 78 valence electrons. The molecule has 0 aliphatic carbocycles. The van der Waals surface area contributed by atoms with Crippen molar-refractivity contribution in [1.29, 1.82) is 0 Å². The van der Waals surface area contributed by atoms with Crippen LogP contribution in [0.15, 0.2) is 24.3 Å². The van der Waals surface area contributed by atoms with Gasteiger partial charge in [-0.2, -0.15) is 0 Å². The number of hydrogen-bond acceptors (Lipinski definition) is 2. The number of nitrogens with two attached hydrogens (primary N) is 1. The van der Waals surface area contributed by atoms with Crippen LogP contribution in [0.3, 0.4) is 0 Å². The maximum absolute atomic E-state index is 9.18. The zero-order valence-electron chi connectivity index (χ0n) is 9.12. The number of benzene rings is 1. The van der Waals surface area contributed by atoms with Crippen LogP contribution < -0.4 is 5.73 Å². The van der Waals surface area contributed by atoms with Crippen LogP contribution in [0.4, 0.5) is 0 Å². The van der Waals surface area contributed by atoms with Gasteiger partial charge in [-0.1, -0.05) is 19.1 Å². The SMILES string of the molecule is CCC(c1ccc(O)cc1)C(C)(C)N. The van der Waals surface area contributed by atoms with Crippen LogP contribution in [0, 0.1) is 0 Å². The van der Waals surface area contributed by atoms with E-state index in [1.807, 2.05) is 26.0 Å². The van der Waals surface area contributed by atoms with E-state index in [-0.39, 0.29) is 5.54 Å². The van der Waals surface area contributed by atoms with Gasteiger partial charge in [-0.3, -0.25) is 0 Å². The maximum Gasteiger partial charge on any atom is 0.115 e. The zero-order chi connectivity index (χ0) is 10.8. The van der Waals surface area contributed by atoms with Crippen LogP contribution in [0.25, 0.3) is 0 Å². The third-order valence-corrected chi connectivity index (χ3v) is 2.60. The van der Waals surface area contributed by atoms with Gasteiger partial charge in [0, 0.05) is 11.5 Å². The normalized spacial score (nSPS) is 14.0. The fourth-order valence-electron chi connectivity index (χ4n) is 1.90. The summed E-state index contributed by atoms with van der Waals surface area (Å²) in [5, 5.41) is 9.18. The van der Waals surface area contributed by atoms with Crippen molar-refractivity contribution < 1.29 is 5.11 Å². The van der Waals surface area contributed by atoms with Gasteiger partial charge >= 0.3 is 0 Å². The summed E-state index contributed by atoms with van der Waals surface area (Å²) < 4.78 is 0. The van der Waals surface area contributed by atoms with Gasteiger partial charge in [-0.25, -0.2) is 0 Å². The van der Waals surface area contributed by atoms with Gasteiger partial charge in [-0.05, 0) is 38.0 Å². The molecule has 1 unspecified atom stereocenters. The Morgan fingerprint density at radius 3 is 2.14 bits per heavy atom. The third kappa shape index (κ3) is 2.48. The van der Waals surface area contributed by atoms with Crippen LogP contribution >= 0.6 is 0 Å². The van der Waals surface area contributed by atoms with Crippen molar-refractivity contribution in [1.82, 2.24) is 0 Å². The van der Waals surface area contributed by atoms with E-state index in [0.29, 0.717) is 11.7 Å². The summed E-state index contributed by atoms with van der Waals surface area (Å²) in [6.07, 6.45) is 1.01. The van der Waals surface area contributed by atoms with E-state index >= 15 is 0 Å². The van der Waals surface area contributed by atoms with Crippen LogP contribution in [-0.2, 0) is 0 Å². The molecule has 1 aromatic rings. The Bertz CT molecular complexity index is 284. The summed E-state index contributed by atoms with van der Waals surface area (Å²) in [7, 11) is 0. The van der Waals surface area contributed by atoms with Crippen molar-refractivity contribution in [2.75, 3.05) is 0 Å². The smallest absolute Gasteiger partial charge is 0.115 e. The summed E-state index contributed by atoms with van der Waals surface area (Å²) in [6, 6.07) is 7.31. The van der Waals surface area contributed by atoms with Gasteiger partial charge < -0.3 is 10.8 Å². The minimum Gasteiger partial charge on any atom is -0.508 e. The topological polar surface area (TPSA) is 46.2 Å². The van der Waals surface area contributed by atoms with Gasteiger partial charge in [0.25, 0.3) is 0 Å². The van der Waals surface area contributed by atoms with Crippen molar-refractivity contribution in [2.24, 2.45) is 5.73 Å². The molecule has 0 fully saturated rings. The fourth-order valence-corrected chi connectivity index (χ4v) is 1.90. The predicted octanol–water partition coefficient (Wildman–Crippen LogP) is 2.62. The van der Waals surface area contributed by atoms with Crippen LogP contribution in [0.2, 0.25) is 0 Å². The Kier molecular flexibility index (Phi) is 3.17. The molecular formula is C12H19NO. The summed E-state index contributed by atoms with van der Waals surface area (Å²) in [4.78, 5) is 0. The van der Waals surface area contributed by atoms with Crippen molar-refractivity contribution in [3.8, 4) is 5.75 Å². The van der Waals surface area contributed by atoms with Crippen molar-refractivity contribution >= 4 is 0 Å². The molecule has 0 saturated heterocycles. The Morgan fingerprint density at radius 1 is 1.29 bits per heavy atom. The molecule has 0 amide bonds. The van der Waals surface area contributed by atoms with E-state index in [9.17, 15) is 5.11 Å². The molecule has 0 aliphatic rings. The lowest BCUT2D eigenvalue weighted by Gasteiger charge is -2.30. The number of hydrogen-bond donors (Lipinski definition) is 2. The van der Waals surface area contributed by atoms with Crippen LogP contribution in [0.5, 0.6) is 5.75 Å². The zero-order valence-corrected chi connectivity index (χ0v) is 9.12. The second kappa shape index (κ2) is 4.01. The minimum absolute atomic E-state index is 0.217. The standard InChI is InChI=1S/C12H19NO/c1-4-11(12(2,3)13)9-5-7-10(14)8-6-9/h5-8,11,14H,4,13H2,1-3H3. The van der Waals surface area contributed by atoms with E-state index in [0.717, 1.165) is 6.42 Å². The highest BCUT2D eigenvalue weighted by Crippen LogP contribution is 2.29. The maximum atomic E-state index is 9.18. The van der Waals surface area contributed by atoms with Crippen molar-refractivity contribution in [2.45, 2.75) is 38.6 Å². The monoisotopic (exact) mass is 193 g/mol. The molecule has 1 rings (SSSR count). The molecule has 0 aliphatic heterocycles. The number of rotatable bonds is 3. The van der Waals surface area contributed by atoms with E-state index in [1.165, 1.54) is 5.56 Å². The van der Waals surface area contributed by atoms with E-state index < -0.39 is 0 Å². The first-order chi connectivity index (χ1) is 6.45. The minimum atomic E-state index is -0.217. The Morgan fingerprint density at radius 2 is 1.79 bits per heavy atom. The first-order valence-electron chi connectivity index (χ1n) is 5.03. The Labute approximate surface area is 85.8 Å². The molecule has 1 aromatic carbocycles. The number of phenols is 1. The predicted molar refractivity (Wildman–Crippen MR) is 59.4 cm³/mol. The highest BCUT2D eigenvalue weighted by molar-refractivity contribution is 5.30.